The molecule has 5 atom stereocenters. The first kappa shape index (κ1) is 23.6. The van der Waals surface area contributed by atoms with E-state index in [0.717, 1.165) is 0 Å². The molecule has 0 saturated carbocycles. The molecule has 0 spiro atoms. The molecule has 4 rings (SSSR count). The molecule has 0 amide bonds. The van der Waals surface area contributed by atoms with E-state index in [4.69, 9.17) is 4.74 Å². The molecule has 3 aromatic rings. The summed E-state index contributed by atoms with van der Waals surface area (Å²) in [7, 11) is 0. The van der Waals surface area contributed by atoms with Gasteiger partial charge in [-0.1, -0.05) is 91.0 Å². The maximum absolute atomic E-state index is 15.9. The summed E-state index contributed by atoms with van der Waals surface area (Å²) in [5.74, 6) is -6.87. The molecule has 1 heterocycles. The number of carbonyl (C=O) groups is 3. The van der Waals surface area contributed by atoms with Gasteiger partial charge in [-0.25, -0.2) is 4.39 Å². The van der Waals surface area contributed by atoms with Crippen molar-refractivity contribution in [2.75, 3.05) is 0 Å². The molecule has 0 radical (unpaired) electrons. The topological polar surface area (TPSA) is 121 Å². The molecular formula is C26H21FO7. The van der Waals surface area contributed by atoms with Crippen LogP contribution in [-0.2, 0) is 4.74 Å². The molecule has 1 saturated heterocycles. The predicted molar refractivity (Wildman–Crippen MR) is 118 cm³/mol. The molecule has 3 N–H and O–H groups in total. The van der Waals surface area contributed by atoms with Gasteiger partial charge in [0, 0.05) is 16.7 Å². The van der Waals surface area contributed by atoms with Crippen LogP contribution in [0.4, 0.5) is 4.39 Å². The number of benzene rings is 3. The first-order valence-corrected chi connectivity index (χ1v) is 10.4. The number of ketones is 3. The van der Waals surface area contributed by atoms with Gasteiger partial charge in [0.15, 0.2) is 17.2 Å². The van der Waals surface area contributed by atoms with E-state index in [9.17, 15) is 29.7 Å². The van der Waals surface area contributed by atoms with Crippen molar-refractivity contribution < 1.29 is 38.8 Å². The van der Waals surface area contributed by atoms with E-state index in [1.807, 2.05) is 0 Å². The highest BCUT2D eigenvalue weighted by atomic mass is 19.1. The molecule has 0 aromatic heterocycles. The Labute approximate surface area is 194 Å². The third kappa shape index (κ3) is 3.76. The number of hydrogen-bond acceptors (Lipinski definition) is 7. The van der Waals surface area contributed by atoms with Gasteiger partial charge < -0.3 is 20.1 Å². The van der Waals surface area contributed by atoms with Crippen LogP contribution in [0.2, 0.25) is 0 Å². The fourth-order valence-corrected chi connectivity index (χ4v) is 4.03. The molecule has 0 bridgehead atoms. The lowest BCUT2D eigenvalue weighted by atomic mass is 9.79. The van der Waals surface area contributed by atoms with Gasteiger partial charge in [-0.05, 0) is 0 Å². The third-order valence-corrected chi connectivity index (χ3v) is 5.85. The van der Waals surface area contributed by atoms with E-state index in [-0.39, 0.29) is 16.7 Å². The van der Waals surface area contributed by atoms with Gasteiger partial charge in [0.05, 0.1) is 0 Å². The van der Waals surface area contributed by atoms with E-state index in [1.165, 1.54) is 72.8 Å². The van der Waals surface area contributed by atoms with Crippen molar-refractivity contribution in [2.24, 2.45) is 0 Å². The van der Waals surface area contributed by atoms with E-state index >= 15 is 4.39 Å². The average Bonchev–Trinajstić information content (AvgIpc) is 3.11. The van der Waals surface area contributed by atoms with Crippen molar-refractivity contribution in [1.82, 2.24) is 0 Å². The van der Waals surface area contributed by atoms with Crippen molar-refractivity contribution in [3.63, 3.8) is 0 Å². The highest BCUT2D eigenvalue weighted by molar-refractivity contribution is 6.08. The number of halogens is 1. The minimum absolute atomic E-state index is 0.00616. The summed E-state index contributed by atoms with van der Waals surface area (Å²) in [6.45, 7) is 0. The smallest absolute Gasteiger partial charge is 0.267 e. The Balaban J connectivity index is 1.80. The molecule has 0 aliphatic carbocycles. The number of alkyl halides is 1. The number of rotatable bonds is 7. The monoisotopic (exact) mass is 464 g/mol. The number of aliphatic hydroxyl groups excluding tert-OH is 1. The summed E-state index contributed by atoms with van der Waals surface area (Å²) in [6.07, 6.45) is -7.60. The fourth-order valence-electron chi connectivity index (χ4n) is 4.03. The van der Waals surface area contributed by atoms with Crippen molar-refractivity contribution in [2.45, 2.75) is 29.8 Å². The minimum Gasteiger partial charge on any atom is -0.382 e. The lowest BCUT2D eigenvalue weighted by molar-refractivity contribution is -0.187. The number of aliphatic hydroxyl groups is 3. The van der Waals surface area contributed by atoms with Crippen LogP contribution in [0.5, 0.6) is 0 Å². The molecule has 3 aromatic carbocycles. The number of Topliss-reactive ketones (excluding diaryl/α,β-unsaturated/α-hetero) is 3. The first-order valence-electron chi connectivity index (χ1n) is 10.4. The van der Waals surface area contributed by atoms with E-state index in [0.29, 0.717) is 0 Å². The largest absolute Gasteiger partial charge is 0.382 e. The fraction of sp³-hybridized carbons (Fsp3) is 0.192. The van der Waals surface area contributed by atoms with Crippen LogP contribution in [0.25, 0.3) is 0 Å². The summed E-state index contributed by atoms with van der Waals surface area (Å²) < 4.78 is 21.1. The average molecular weight is 464 g/mol. The van der Waals surface area contributed by atoms with Gasteiger partial charge in [-0.15, -0.1) is 0 Å². The Morgan fingerprint density at radius 2 is 1.15 bits per heavy atom. The first-order chi connectivity index (χ1) is 16.2. The molecule has 1 aliphatic rings. The number of hydrogen-bond donors (Lipinski definition) is 3. The zero-order chi connectivity index (χ0) is 24.5. The van der Waals surface area contributed by atoms with Crippen molar-refractivity contribution >= 4 is 17.3 Å². The second kappa shape index (κ2) is 9.00. The van der Waals surface area contributed by atoms with Crippen LogP contribution in [0, 0.1) is 0 Å². The Morgan fingerprint density at radius 3 is 1.62 bits per heavy atom. The summed E-state index contributed by atoms with van der Waals surface area (Å²) >= 11 is 0. The lowest BCUT2D eigenvalue weighted by Crippen LogP contribution is -2.59. The summed E-state index contributed by atoms with van der Waals surface area (Å²) in [6, 6.07) is 21.5. The molecule has 174 valence electrons. The highest BCUT2D eigenvalue weighted by Crippen LogP contribution is 2.44. The second-order valence-corrected chi connectivity index (χ2v) is 7.99. The quantitative estimate of drug-likeness (QED) is 0.458. The molecular weight excluding hydrogens is 443 g/mol. The van der Waals surface area contributed by atoms with Crippen LogP contribution in [0.1, 0.15) is 31.1 Å². The lowest BCUT2D eigenvalue weighted by Gasteiger charge is -2.30. The summed E-state index contributed by atoms with van der Waals surface area (Å²) in [4.78, 5) is 39.2. The van der Waals surface area contributed by atoms with Crippen LogP contribution in [0.15, 0.2) is 91.0 Å². The molecule has 1 unspecified atom stereocenters. The molecule has 1 aliphatic heterocycles. The van der Waals surface area contributed by atoms with E-state index in [1.54, 1.807) is 18.2 Å². The Hall–Kier alpha value is -3.56. The van der Waals surface area contributed by atoms with Crippen LogP contribution >= 0.6 is 0 Å². The van der Waals surface area contributed by atoms with Crippen molar-refractivity contribution in [3.8, 4) is 0 Å². The molecule has 1 fully saturated rings. The van der Waals surface area contributed by atoms with Gasteiger partial charge in [-0.3, -0.25) is 14.4 Å². The standard InChI is InChI=1S/C26H21FO7/c27-24-25(32,21(30)17-12-6-2-7-13-17)23(20(29)19(28)16-10-4-1-5-11-16)34-26(24,33)22(31)18-14-8-3-9-15-18/h1-15,20,23-24,29,32-33H/t20?,23-,24-,25-,26+/m1/s1. The number of ether oxygens (including phenoxy) is 1. The molecule has 34 heavy (non-hydrogen) atoms. The third-order valence-electron chi connectivity index (χ3n) is 5.85. The maximum Gasteiger partial charge on any atom is 0.267 e. The van der Waals surface area contributed by atoms with Gasteiger partial charge in [0.1, 0.15) is 12.2 Å². The SMILES string of the molecule is O=C(c1ccccc1)C(O)[C@H]1O[C@@](O)(C(=O)c2ccccc2)[C@H](F)[C@@]1(O)C(=O)c1ccccc1. The number of carbonyl (C=O) groups excluding carboxylic acids is 3. The van der Waals surface area contributed by atoms with E-state index in [2.05, 4.69) is 0 Å². The van der Waals surface area contributed by atoms with Crippen molar-refractivity contribution in [3.05, 3.63) is 108 Å². The summed E-state index contributed by atoms with van der Waals surface area (Å²) in [5.41, 5.74) is -3.60. The summed E-state index contributed by atoms with van der Waals surface area (Å²) in [5, 5.41) is 33.2. The van der Waals surface area contributed by atoms with Crippen LogP contribution in [-0.4, -0.2) is 62.4 Å². The molecule has 7 nitrogen and oxygen atoms in total. The maximum atomic E-state index is 15.9. The Kier molecular flexibility index (Phi) is 6.24. The zero-order valence-corrected chi connectivity index (χ0v) is 17.7. The van der Waals surface area contributed by atoms with Gasteiger partial charge >= 0.3 is 0 Å². The zero-order valence-electron chi connectivity index (χ0n) is 17.7. The van der Waals surface area contributed by atoms with Crippen molar-refractivity contribution in [1.29, 1.82) is 0 Å². The van der Waals surface area contributed by atoms with Gasteiger partial charge in [0.2, 0.25) is 12.0 Å². The minimum atomic E-state index is -3.34. The normalized spacial score (nSPS) is 27.2. The van der Waals surface area contributed by atoms with Crippen LogP contribution in [0.3, 0.4) is 0 Å². The van der Waals surface area contributed by atoms with Gasteiger partial charge in [0.25, 0.3) is 5.79 Å². The second-order valence-electron chi connectivity index (χ2n) is 7.99. The molecule has 8 heteroatoms. The highest BCUT2D eigenvalue weighted by Gasteiger charge is 2.72. The van der Waals surface area contributed by atoms with E-state index < -0.39 is 47.1 Å². The Bertz CT molecular complexity index is 1200. The van der Waals surface area contributed by atoms with Crippen LogP contribution < -0.4 is 0 Å². The predicted octanol–water partition coefficient (Wildman–Crippen LogP) is 2.15. The van der Waals surface area contributed by atoms with Gasteiger partial charge in [-0.2, -0.15) is 0 Å². The Morgan fingerprint density at radius 1 is 0.735 bits per heavy atom.